The van der Waals surface area contributed by atoms with E-state index in [-0.39, 0.29) is 5.82 Å². The summed E-state index contributed by atoms with van der Waals surface area (Å²) in [4.78, 5) is 13.4. The highest BCUT2D eigenvalue weighted by Gasteiger charge is 2.16. The number of carbonyl (C=O) groups excluding carboxylic acids is 1. The summed E-state index contributed by atoms with van der Waals surface area (Å²) in [5, 5.41) is 0.707. The zero-order valence-corrected chi connectivity index (χ0v) is 14.0. The lowest BCUT2D eigenvalue weighted by Crippen LogP contribution is -2.20. The van der Waals surface area contributed by atoms with Crippen molar-refractivity contribution in [1.29, 1.82) is 0 Å². The molecule has 0 heterocycles. The molecule has 0 aliphatic rings. The molecule has 0 saturated carbocycles. The molecule has 0 aliphatic carbocycles. The molecule has 2 aromatic rings. The topological polar surface area (TPSA) is 20.3 Å². The fourth-order valence-corrected chi connectivity index (χ4v) is 2.89. The number of allylic oxidation sites excluding steroid dienone is 1. The van der Waals surface area contributed by atoms with Crippen LogP contribution in [-0.4, -0.2) is 12.5 Å². The molecule has 0 saturated heterocycles. The average Bonchev–Trinajstić information content (AvgIpc) is 2.60. The van der Waals surface area contributed by atoms with Gasteiger partial charge in [-0.2, -0.15) is 0 Å². The number of nitrogens with zero attached hydrogens (tertiary/aromatic N) is 1. The smallest absolute Gasteiger partial charge is 0.166 e. The Morgan fingerprint density at radius 1 is 1.13 bits per heavy atom. The van der Waals surface area contributed by atoms with Crippen LogP contribution in [0.5, 0.6) is 0 Å². The van der Waals surface area contributed by atoms with Gasteiger partial charge < -0.3 is 4.90 Å². The van der Waals surface area contributed by atoms with Crippen LogP contribution < -0.4 is 4.90 Å². The predicted octanol–water partition coefficient (Wildman–Crippen LogP) is 5.27. The van der Waals surface area contributed by atoms with E-state index in [2.05, 4.69) is 0 Å². The van der Waals surface area contributed by atoms with Crippen LogP contribution in [0.15, 0.2) is 70.9 Å². The normalized spacial score (nSPS) is 12.1. The number of hydrogen-bond acceptors (Lipinski definition) is 3. The van der Waals surface area contributed by atoms with Crippen molar-refractivity contribution in [2.24, 2.45) is 0 Å². The standard InChI is InChI=1S/C18H15ClFNOS/c1-23-18(12-19)21(16-5-3-2-4-6-16)17(13-22)11-14-7-9-15(20)10-8-14/h2-13H,1H3/b17-11+,18-12-. The largest absolute Gasteiger partial charge is 0.301 e. The molecule has 0 spiro atoms. The molecule has 0 atom stereocenters. The van der Waals surface area contributed by atoms with Crippen LogP contribution in [0.1, 0.15) is 5.56 Å². The van der Waals surface area contributed by atoms with E-state index in [9.17, 15) is 9.18 Å². The highest BCUT2D eigenvalue weighted by molar-refractivity contribution is 8.02. The fraction of sp³-hybridized carbons (Fsp3) is 0.0556. The highest BCUT2D eigenvalue weighted by atomic mass is 35.5. The van der Waals surface area contributed by atoms with Gasteiger partial charge in [-0.25, -0.2) is 4.39 Å². The van der Waals surface area contributed by atoms with E-state index >= 15 is 0 Å². The van der Waals surface area contributed by atoms with Crippen molar-refractivity contribution in [2.75, 3.05) is 11.2 Å². The van der Waals surface area contributed by atoms with Gasteiger partial charge in [0, 0.05) is 11.2 Å². The van der Waals surface area contributed by atoms with Gasteiger partial charge in [0.2, 0.25) is 0 Å². The molecule has 5 heteroatoms. The van der Waals surface area contributed by atoms with Crippen LogP contribution in [0.3, 0.4) is 0 Å². The van der Waals surface area contributed by atoms with E-state index in [0.29, 0.717) is 10.7 Å². The van der Waals surface area contributed by atoms with Gasteiger partial charge in [-0.3, -0.25) is 4.79 Å². The van der Waals surface area contributed by atoms with Crippen molar-refractivity contribution in [3.05, 3.63) is 82.2 Å². The summed E-state index contributed by atoms with van der Waals surface area (Å²) >= 11 is 7.34. The number of rotatable bonds is 6. The average molecular weight is 348 g/mol. The maximum Gasteiger partial charge on any atom is 0.166 e. The van der Waals surface area contributed by atoms with Crippen molar-refractivity contribution < 1.29 is 9.18 Å². The molecule has 23 heavy (non-hydrogen) atoms. The van der Waals surface area contributed by atoms with Crippen molar-refractivity contribution in [1.82, 2.24) is 0 Å². The molecule has 2 aromatic carbocycles. The van der Waals surface area contributed by atoms with Gasteiger partial charge in [-0.1, -0.05) is 41.9 Å². The van der Waals surface area contributed by atoms with Crippen molar-refractivity contribution >= 4 is 41.4 Å². The third-order valence-corrected chi connectivity index (χ3v) is 4.16. The van der Waals surface area contributed by atoms with Crippen molar-refractivity contribution in [2.45, 2.75) is 0 Å². The number of thioether (sulfide) groups is 1. The summed E-state index contributed by atoms with van der Waals surface area (Å²) in [5.41, 5.74) is 3.38. The van der Waals surface area contributed by atoms with Gasteiger partial charge in [0.1, 0.15) is 5.82 Å². The van der Waals surface area contributed by atoms with Gasteiger partial charge in [0.15, 0.2) is 6.29 Å². The first-order valence-electron chi connectivity index (χ1n) is 6.81. The second-order valence-electron chi connectivity index (χ2n) is 4.56. The molecule has 2 nitrogen and oxygen atoms in total. The Bertz CT molecular complexity index is 714. The zero-order valence-electron chi connectivity index (χ0n) is 12.4. The predicted molar refractivity (Wildman–Crippen MR) is 96.8 cm³/mol. The number of aldehydes is 1. The third-order valence-electron chi connectivity index (χ3n) is 3.10. The maximum absolute atomic E-state index is 13.0. The van der Waals surface area contributed by atoms with E-state index in [0.717, 1.165) is 17.5 Å². The zero-order chi connectivity index (χ0) is 16.7. The van der Waals surface area contributed by atoms with Gasteiger partial charge in [0.05, 0.1) is 10.7 Å². The van der Waals surface area contributed by atoms with Gasteiger partial charge in [-0.05, 0) is 42.2 Å². The number of anilines is 1. The summed E-state index contributed by atoms with van der Waals surface area (Å²) in [6.07, 6.45) is 4.33. The Morgan fingerprint density at radius 2 is 1.78 bits per heavy atom. The van der Waals surface area contributed by atoms with Crippen LogP contribution in [0.25, 0.3) is 6.08 Å². The quantitative estimate of drug-likeness (QED) is 0.524. The lowest BCUT2D eigenvalue weighted by atomic mass is 10.1. The fourth-order valence-electron chi connectivity index (χ4n) is 2.05. The minimum Gasteiger partial charge on any atom is -0.301 e. The molecule has 0 amide bonds. The SMILES string of the molecule is CS/C(=C\Cl)N(/C(C=O)=C/c1ccc(F)cc1)c1ccccc1. The van der Waals surface area contributed by atoms with E-state index in [4.69, 9.17) is 11.6 Å². The molecule has 0 bridgehead atoms. The Labute approximate surface area is 144 Å². The van der Waals surface area contributed by atoms with Gasteiger partial charge in [0.25, 0.3) is 0 Å². The highest BCUT2D eigenvalue weighted by Crippen LogP contribution is 2.30. The molecule has 0 aromatic heterocycles. The van der Waals surface area contributed by atoms with E-state index in [1.165, 1.54) is 29.4 Å². The van der Waals surface area contributed by atoms with Crippen molar-refractivity contribution in [3.8, 4) is 0 Å². The molecular weight excluding hydrogens is 333 g/mol. The molecule has 118 valence electrons. The summed E-state index contributed by atoms with van der Waals surface area (Å²) in [7, 11) is 0. The second-order valence-corrected chi connectivity index (χ2v) is 5.61. The van der Waals surface area contributed by atoms with Crippen molar-refractivity contribution in [3.63, 3.8) is 0 Å². The van der Waals surface area contributed by atoms with Crippen LogP contribution in [0, 0.1) is 5.82 Å². The summed E-state index contributed by atoms with van der Waals surface area (Å²) < 4.78 is 13.0. The molecule has 2 rings (SSSR count). The Kier molecular flexibility index (Phi) is 6.44. The minimum atomic E-state index is -0.319. The number of hydrogen-bond donors (Lipinski definition) is 0. The monoisotopic (exact) mass is 347 g/mol. The van der Waals surface area contributed by atoms with E-state index in [1.807, 2.05) is 36.6 Å². The minimum absolute atomic E-state index is 0.319. The first kappa shape index (κ1) is 17.3. The van der Waals surface area contributed by atoms with Crippen LogP contribution in [0.2, 0.25) is 0 Å². The number of carbonyl (C=O) groups is 1. The molecule has 0 unspecified atom stereocenters. The van der Waals surface area contributed by atoms with Crippen LogP contribution in [-0.2, 0) is 4.79 Å². The van der Waals surface area contributed by atoms with Crippen LogP contribution in [0.4, 0.5) is 10.1 Å². The summed E-state index contributed by atoms with van der Waals surface area (Å²) in [5.74, 6) is -0.319. The molecule has 0 radical (unpaired) electrons. The summed E-state index contributed by atoms with van der Waals surface area (Å²) in [6.45, 7) is 0. The molecule has 0 aliphatic heterocycles. The lowest BCUT2D eigenvalue weighted by molar-refractivity contribution is -0.104. The first-order chi connectivity index (χ1) is 11.2. The second kappa shape index (κ2) is 8.56. The Morgan fingerprint density at radius 3 is 2.30 bits per heavy atom. The Balaban J connectivity index is 2.51. The third kappa shape index (κ3) is 4.47. The molecular formula is C18H15ClFNOS. The lowest BCUT2D eigenvalue weighted by Gasteiger charge is -2.25. The molecule has 0 fully saturated rings. The molecule has 0 N–H and O–H groups in total. The number of halogens is 2. The first-order valence-corrected chi connectivity index (χ1v) is 8.47. The van der Waals surface area contributed by atoms with Gasteiger partial charge >= 0.3 is 0 Å². The maximum atomic E-state index is 13.0. The number of benzene rings is 2. The van der Waals surface area contributed by atoms with Gasteiger partial charge in [-0.15, -0.1) is 11.8 Å². The summed E-state index contributed by atoms with van der Waals surface area (Å²) in [6, 6.07) is 15.4. The van der Waals surface area contributed by atoms with E-state index < -0.39 is 0 Å². The van der Waals surface area contributed by atoms with Crippen LogP contribution >= 0.6 is 23.4 Å². The van der Waals surface area contributed by atoms with E-state index in [1.54, 1.807) is 23.1 Å². The Hall–Kier alpha value is -2.04. The number of para-hydroxylation sites is 1.